The normalized spacial score (nSPS) is 20.3. The summed E-state index contributed by atoms with van der Waals surface area (Å²) in [4.78, 5) is 24.6. The molecule has 6 nitrogen and oxygen atoms in total. The Morgan fingerprint density at radius 1 is 1.47 bits per heavy atom. The van der Waals surface area contributed by atoms with Crippen molar-refractivity contribution in [2.45, 2.75) is 32.6 Å². The second kappa shape index (κ2) is 7.99. The molecule has 1 aliphatic rings. The van der Waals surface area contributed by atoms with Gasteiger partial charge in [-0.1, -0.05) is 13.3 Å². The maximum absolute atomic E-state index is 11.9. The fraction of sp³-hybridized carbons (Fsp3) is 0.846. The monoisotopic (exact) mass is 272 g/mol. The van der Waals surface area contributed by atoms with Crippen molar-refractivity contribution >= 4 is 12.0 Å². The van der Waals surface area contributed by atoms with Gasteiger partial charge >= 0.3 is 12.0 Å². The summed E-state index contributed by atoms with van der Waals surface area (Å²) in [6, 6.07) is -0.192. The molecule has 0 saturated carbocycles. The van der Waals surface area contributed by atoms with Crippen molar-refractivity contribution in [3.8, 4) is 0 Å². The predicted octanol–water partition coefficient (Wildman–Crippen LogP) is 0.901. The van der Waals surface area contributed by atoms with Crippen LogP contribution in [0.5, 0.6) is 0 Å². The van der Waals surface area contributed by atoms with Crippen molar-refractivity contribution < 1.29 is 19.8 Å². The molecule has 19 heavy (non-hydrogen) atoms. The first-order valence-corrected chi connectivity index (χ1v) is 6.94. The molecule has 1 saturated heterocycles. The molecule has 1 rings (SSSR count). The third-order valence-corrected chi connectivity index (χ3v) is 3.60. The van der Waals surface area contributed by atoms with Gasteiger partial charge in [-0.05, 0) is 25.2 Å². The molecular formula is C13H24N2O4. The summed E-state index contributed by atoms with van der Waals surface area (Å²) in [5.41, 5.74) is 0. The van der Waals surface area contributed by atoms with E-state index in [-0.39, 0.29) is 19.2 Å². The van der Waals surface area contributed by atoms with Gasteiger partial charge in [0.15, 0.2) is 0 Å². The summed E-state index contributed by atoms with van der Waals surface area (Å²) in [5, 5.41) is 20.6. The van der Waals surface area contributed by atoms with Crippen LogP contribution in [0.3, 0.4) is 0 Å². The molecule has 0 aromatic carbocycles. The fourth-order valence-corrected chi connectivity index (χ4v) is 2.42. The van der Waals surface area contributed by atoms with Gasteiger partial charge in [0.2, 0.25) is 0 Å². The van der Waals surface area contributed by atoms with E-state index < -0.39 is 11.9 Å². The molecule has 0 aromatic heterocycles. The molecule has 3 N–H and O–H groups in total. The number of carbonyl (C=O) groups excluding carboxylic acids is 1. The number of rotatable bonds is 7. The highest BCUT2D eigenvalue weighted by molar-refractivity contribution is 5.76. The van der Waals surface area contributed by atoms with Crippen LogP contribution in [0.15, 0.2) is 0 Å². The quantitative estimate of drug-likeness (QED) is 0.642. The van der Waals surface area contributed by atoms with E-state index in [1.54, 1.807) is 4.90 Å². The Bertz CT molecular complexity index is 309. The lowest BCUT2D eigenvalue weighted by molar-refractivity contribution is -0.141. The lowest BCUT2D eigenvalue weighted by atomic mass is 10.0. The Labute approximate surface area is 113 Å². The van der Waals surface area contributed by atoms with E-state index in [2.05, 4.69) is 5.32 Å². The summed E-state index contributed by atoms with van der Waals surface area (Å²) in [5.74, 6) is -1.01. The van der Waals surface area contributed by atoms with Crippen LogP contribution in [-0.4, -0.2) is 53.4 Å². The highest BCUT2D eigenvalue weighted by Gasteiger charge is 2.26. The van der Waals surface area contributed by atoms with Crippen molar-refractivity contribution in [2.75, 3.05) is 26.2 Å². The molecule has 2 unspecified atom stereocenters. The van der Waals surface area contributed by atoms with Gasteiger partial charge in [0, 0.05) is 26.2 Å². The van der Waals surface area contributed by atoms with E-state index in [1.165, 1.54) is 0 Å². The second-order valence-electron chi connectivity index (χ2n) is 5.12. The van der Waals surface area contributed by atoms with E-state index >= 15 is 0 Å². The highest BCUT2D eigenvalue weighted by atomic mass is 16.4. The Morgan fingerprint density at radius 3 is 2.79 bits per heavy atom. The number of aliphatic hydroxyl groups excluding tert-OH is 1. The number of carboxylic acid groups (broad SMARTS) is 1. The molecule has 6 heteroatoms. The topological polar surface area (TPSA) is 89.9 Å². The van der Waals surface area contributed by atoms with Gasteiger partial charge in [-0.15, -0.1) is 0 Å². The molecule has 2 amide bonds. The number of carbonyl (C=O) groups is 2. The number of nitrogens with zero attached hydrogens (tertiary/aromatic N) is 1. The van der Waals surface area contributed by atoms with Crippen LogP contribution >= 0.6 is 0 Å². The van der Waals surface area contributed by atoms with Crippen LogP contribution in [0, 0.1) is 11.8 Å². The zero-order valence-corrected chi connectivity index (χ0v) is 11.5. The number of hydrogen-bond acceptors (Lipinski definition) is 3. The number of aliphatic hydroxyl groups is 1. The lowest BCUT2D eigenvalue weighted by Gasteiger charge is -2.19. The van der Waals surface area contributed by atoms with E-state index in [0.29, 0.717) is 25.4 Å². The number of nitrogens with one attached hydrogen (secondary N) is 1. The van der Waals surface area contributed by atoms with Crippen LogP contribution in [0.4, 0.5) is 4.79 Å². The van der Waals surface area contributed by atoms with Crippen LogP contribution < -0.4 is 5.32 Å². The van der Waals surface area contributed by atoms with E-state index in [1.807, 2.05) is 6.92 Å². The summed E-state index contributed by atoms with van der Waals surface area (Å²) < 4.78 is 0. The van der Waals surface area contributed by atoms with Gasteiger partial charge < -0.3 is 20.4 Å². The average molecular weight is 272 g/mol. The minimum atomic E-state index is -0.860. The Morgan fingerprint density at radius 2 is 2.21 bits per heavy atom. The van der Waals surface area contributed by atoms with Crippen LogP contribution in [-0.2, 0) is 4.79 Å². The molecule has 1 heterocycles. The van der Waals surface area contributed by atoms with Gasteiger partial charge in [0.25, 0.3) is 0 Å². The number of aliphatic carboxylic acids is 1. The first-order valence-electron chi connectivity index (χ1n) is 6.94. The first-order chi connectivity index (χ1) is 9.08. The molecule has 110 valence electrons. The maximum atomic E-state index is 11.9. The number of carboxylic acids is 1. The van der Waals surface area contributed by atoms with Crippen molar-refractivity contribution in [1.29, 1.82) is 0 Å². The molecule has 1 aliphatic heterocycles. The van der Waals surface area contributed by atoms with Gasteiger partial charge in [-0.25, -0.2) is 4.79 Å². The van der Waals surface area contributed by atoms with E-state index in [9.17, 15) is 9.59 Å². The predicted molar refractivity (Wildman–Crippen MR) is 70.8 cm³/mol. The third kappa shape index (κ3) is 5.06. The van der Waals surface area contributed by atoms with Gasteiger partial charge in [0.05, 0.1) is 5.92 Å². The minimum Gasteiger partial charge on any atom is -0.481 e. The zero-order chi connectivity index (χ0) is 14.3. The molecule has 1 fully saturated rings. The molecular weight excluding hydrogens is 248 g/mol. The average Bonchev–Trinajstić information content (AvgIpc) is 2.83. The summed E-state index contributed by atoms with van der Waals surface area (Å²) in [7, 11) is 0. The van der Waals surface area contributed by atoms with Crippen LogP contribution in [0.25, 0.3) is 0 Å². The number of urea groups is 1. The summed E-state index contributed by atoms with van der Waals surface area (Å²) in [6.45, 7) is 3.60. The molecule has 2 atom stereocenters. The Balaban J connectivity index is 2.33. The SMILES string of the molecule is CCCC(CNC(=O)N1CCC(CCO)C1)C(=O)O. The summed E-state index contributed by atoms with van der Waals surface area (Å²) in [6.07, 6.45) is 2.99. The second-order valence-corrected chi connectivity index (χ2v) is 5.12. The highest BCUT2D eigenvalue weighted by Crippen LogP contribution is 2.19. The lowest BCUT2D eigenvalue weighted by Crippen LogP contribution is -2.41. The van der Waals surface area contributed by atoms with E-state index in [0.717, 1.165) is 19.3 Å². The molecule has 0 aliphatic carbocycles. The Kier molecular flexibility index (Phi) is 6.62. The van der Waals surface area contributed by atoms with Crippen molar-refractivity contribution in [3.05, 3.63) is 0 Å². The molecule has 0 spiro atoms. The molecule has 0 radical (unpaired) electrons. The largest absolute Gasteiger partial charge is 0.481 e. The fourth-order valence-electron chi connectivity index (χ4n) is 2.42. The standard InChI is InChI=1S/C13H24N2O4/c1-2-3-11(12(17)18)8-14-13(19)15-6-4-10(9-15)5-7-16/h10-11,16H,2-9H2,1H3,(H,14,19)(H,17,18). The zero-order valence-electron chi connectivity index (χ0n) is 11.5. The minimum absolute atomic E-state index is 0.151. The van der Waals surface area contributed by atoms with Gasteiger partial charge in [-0.2, -0.15) is 0 Å². The summed E-state index contributed by atoms with van der Waals surface area (Å²) >= 11 is 0. The van der Waals surface area contributed by atoms with Crippen LogP contribution in [0.1, 0.15) is 32.6 Å². The van der Waals surface area contributed by atoms with Crippen molar-refractivity contribution in [1.82, 2.24) is 10.2 Å². The Hall–Kier alpha value is -1.30. The van der Waals surface area contributed by atoms with Gasteiger partial charge in [-0.3, -0.25) is 4.79 Å². The number of likely N-dealkylation sites (tertiary alicyclic amines) is 1. The van der Waals surface area contributed by atoms with E-state index in [4.69, 9.17) is 10.2 Å². The third-order valence-electron chi connectivity index (χ3n) is 3.60. The first kappa shape index (κ1) is 15.8. The maximum Gasteiger partial charge on any atom is 0.317 e. The van der Waals surface area contributed by atoms with Crippen molar-refractivity contribution in [2.24, 2.45) is 11.8 Å². The molecule has 0 aromatic rings. The molecule has 0 bridgehead atoms. The smallest absolute Gasteiger partial charge is 0.317 e. The van der Waals surface area contributed by atoms with Gasteiger partial charge in [0.1, 0.15) is 0 Å². The number of hydrogen-bond donors (Lipinski definition) is 3. The van der Waals surface area contributed by atoms with Crippen LogP contribution in [0.2, 0.25) is 0 Å². The number of amides is 2. The van der Waals surface area contributed by atoms with Crippen molar-refractivity contribution in [3.63, 3.8) is 0 Å².